The van der Waals surface area contributed by atoms with Gasteiger partial charge in [-0.15, -0.1) is 11.8 Å². The van der Waals surface area contributed by atoms with Crippen LogP contribution in [-0.4, -0.2) is 17.8 Å². The summed E-state index contributed by atoms with van der Waals surface area (Å²) in [5.41, 5.74) is 1.97. The number of hydrogen-bond donors (Lipinski definition) is 1. The maximum atomic E-state index is 12.3. The zero-order valence-corrected chi connectivity index (χ0v) is 13.9. The van der Waals surface area contributed by atoms with E-state index >= 15 is 0 Å². The van der Waals surface area contributed by atoms with Crippen LogP contribution in [0.2, 0.25) is 0 Å². The summed E-state index contributed by atoms with van der Waals surface area (Å²) in [5.74, 6) is 0.748. The Morgan fingerprint density at radius 3 is 2.64 bits per heavy atom. The molecule has 0 heterocycles. The number of carbonyl (C=O) groups excluding carboxylic acids is 1. The number of benzene rings is 2. The van der Waals surface area contributed by atoms with E-state index in [9.17, 15) is 4.79 Å². The predicted octanol–water partition coefficient (Wildman–Crippen LogP) is 4.51. The monoisotopic (exact) mass is 315 g/mol. The van der Waals surface area contributed by atoms with Gasteiger partial charge in [-0.3, -0.25) is 4.79 Å². The molecule has 0 aromatic heterocycles. The van der Waals surface area contributed by atoms with Crippen molar-refractivity contribution in [3.63, 3.8) is 0 Å². The number of nitrogens with one attached hydrogen (secondary N) is 1. The van der Waals surface area contributed by atoms with Crippen molar-refractivity contribution in [2.45, 2.75) is 30.9 Å². The van der Waals surface area contributed by atoms with Gasteiger partial charge in [0.2, 0.25) is 5.91 Å². The van der Waals surface area contributed by atoms with Gasteiger partial charge in [0.1, 0.15) is 5.75 Å². The molecule has 4 heteroatoms. The van der Waals surface area contributed by atoms with Crippen molar-refractivity contribution >= 4 is 23.4 Å². The van der Waals surface area contributed by atoms with E-state index in [1.54, 1.807) is 11.8 Å². The lowest BCUT2D eigenvalue weighted by molar-refractivity contribution is -0.115. The third-order valence-corrected chi connectivity index (χ3v) is 4.23. The Bertz CT molecular complexity index is 625. The van der Waals surface area contributed by atoms with Crippen molar-refractivity contribution in [1.29, 1.82) is 0 Å². The first-order valence-corrected chi connectivity index (χ1v) is 8.23. The van der Waals surface area contributed by atoms with E-state index < -0.39 is 0 Å². The Balaban J connectivity index is 1.96. The number of amides is 1. The summed E-state index contributed by atoms with van der Waals surface area (Å²) in [4.78, 5) is 13.4. The highest BCUT2D eigenvalue weighted by Gasteiger charge is 2.14. The fourth-order valence-electron chi connectivity index (χ4n) is 1.95. The summed E-state index contributed by atoms with van der Waals surface area (Å²) in [6, 6.07) is 15.6. The molecule has 22 heavy (non-hydrogen) atoms. The van der Waals surface area contributed by atoms with Crippen LogP contribution in [0.15, 0.2) is 53.4 Å². The largest absolute Gasteiger partial charge is 0.494 e. The molecule has 0 unspecified atom stereocenters. The van der Waals surface area contributed by atoms with Gasteiger partial charge in [-0.2, -0.15) is 0 Å². The second-order valence-electron chi connectivity index (χ2n) is 5.02. The first kappa shape index (κ1) is 16.4. The lowest BCUT2D eigenvalue weighted by atomic mass is 10.2. The Hall–Kier alpha value is -1.94. The van der Waals surface area contributed by atoms with Gasteiger partial charge >= 0.3 is 0 Å². The average molecular weight is 315 g/mol. The molecule has 0 bridgehead atoms. The van der Waals surface area contributed by atoms with Crippen LogP contribution in [0.25, 0.3) is 0 Å². The van der Waals surface area contributed by atoms with E-state index in [1.165, 1.54) is 5.56 Å². The molecule has 0 fully saturated rings. The molecule has 0 aliphatic heterocycles. The van der Waals surface area contributed by atoms with Crippen LogP contribution in [0.3, 0.4) is 0 Å². The first-order chi connectivity index (χ1) is 10.6. The molecular weight excluding hydrogens is 294 g/mol. The smallest absolute Gasteiger partial charge is 0.237 e. The molecule has 0 saturated carbocycles. The molecule has 1 N–H and O–H groups in total. The van der Waals surface area contributed by atoms with Gasteiger partial charge in [0, 0.05) is 16.6 Å². The quantitative estimate of drug-likeness (QED) is 0.797. The van der Waals surface area contributed by atoms with Gasteiger partial charge in [0.25, 0.3) is 0 Å². The number of anilines is 1. The lowest BCUT2D eigenvalue weighted by Gasteiger charge is -2.13. The molecule has 0 saturated heterocycles. The molecule has 0 radical (unpaired) electrons. The van der Waals surface area contributed by atoms with Gasteiger partial charge in [0.05, 0.1) is 11.9 Å². The predicted molar refractivity (Wildman–Crippen MR) is 92.7 cm³/mol. The summed E-state index contributed by atoms with van der Waals surface area (Å²) in [7, 11) is 0. The number of thioether (sulfide) groups is 1. The van der Waals surface area contributed by atoms with Gasteiger partial charge in [-0.25, -0.2) is 0 Å². The Kier molecular flexibility index (Phi) is 5.90. The zero-order valence-electron chi connectivity index (χ0n) is 13.1. The van der Waals surface area contributed by atoms with Crippen molar-refractivity contribution in [3.8, 4) is 5.75 Å². The third kappa shape index (κ3) is 4.81. The molecule has 2 aromatic carbocycles. The molecule has 1 amide bonds. The minimum absolute atomic E-state index is 0.0146. The standard InChI is InChI=1S/C18H21NO2S/c1-4-21-16-7-5-6-15(12-16)19-18(20)14(3)22-17-10-8-13(2)9-11-17/h5-12,14H,4H2,1-3H3,(H,19,20)/t14-/m1/s1. The fraction of sp³-hybridized carbons (Fsp3) is 0.278. The SMILES string of the molecule is CCOc1cccc(NC(=O)[C@@H](C)Sc2ccc(C)cc2)c1. The summed E-state index contributed by atoms with van der Waals surface area (Å²) in [6.45, 7) is 6.50. The molecule has 2 aromatic rings. The number of carbonyl (C=O) groups is 1. The lowest BCUT2D eigenvalue weighted by Crippen LogP contribution is -2.22. The van der Waals surface area contributed by atoms with E-state index in [0.29, 0.717) is 6.61 Å². The highest BCUT2D eigenvalue weighted by Crippen LogP contribution is 2.25. The third-order valence-electron chi connectivity index (χ3n) is 3.12. The second kappa shape index (κ2) is 7.90. The van der Waals surface area contributed by atoms with E-state index in [2.05, 4.69) is 24.4 Å². The number of rotatable bonds is 6. The van der Waals surface area contributed by atoms with Crippen molar-refractivity contribution in [1.82, 2.24) is 0 Å². The van der Waals surface area contributed by atoms with Crippen LogP contribution in [-0.2, 0) is 4.79 Å². The molecule has 0 aliphatic rings. The molecule has 1 atom stereocenters. The molecule has 116 valence electrons. The minimum Gasteiger partial charge on any atom is -0.494 e. The summed E-state index contributed by atoms with van der Waals surface area (Å²) in [5, 5.41) is 2.76. The molecule has 3 nitrogen and oxygen atoms in total. The molecule has 0 aliphatic carbocycles. The van der Waals surface area contributed by atoms with Crippen molar-refractivity contribution < 1.29 is 9.53 Å². The van der Waals surface area contributed by atoms with Crippen LogP contribution in [0.4, 0.5) is 5.69 Å². The Morgan fingerprint density at radius 2 is 1.95 bits per heavy atom. The second-order valence-corrected chi connectivity index (χ2v) is 6.44. The number of hydrogen-bond acceptors (Lipinski definition) is 3. The summed E-state index contributed by atoms with van der Waals surface area (Å²) < 4.78 is 5.44. The maximum Gasteiger partial charge on any atom is 0.237 e. The topological polar surface area (TPSA) is 38.3 Å². The van der Waals surface area contributed by atoms with Gasteiger partial charge in [0.15, 0.2) is 0 Å². The minimum atomic E-state index is -0.168. The van der Waals surface area contributed by atoms with E-state index in [4.69, 9.17) is 4.74 Å². The zero-order chi connectivity index (χ0) is 15.9. The highest BCUT2D eigenvalue weighted by molar-refractivity contribution is 8.00. The van der Waals surface area contributed by atoms with Crippen LogP contribution in [0.1, 0.15) is 19.4 Å². The van der Waals surface area contributed by atoms with E-state index in [0.717, 1.165) is 16.3 Å². The Labute approximate surface area is 136 Å². The van der Waals surface area contributed by atoms with Gasteiger partial charge < -0.3 is 10.1 Å². The van der Waals surface area contributed by atoms with Crippen LogP contribution < -0.4 is 10.1 Å². The van der Waals surface area contributed by atoms with Gasteiger partial charge in [-0.1, -0.05) is 23.8 Å². The number of ether oxygens (including phenoxy) is 1. The van der Waals surface area contributed by atoms with Crippen molar-refractivity contribution in [2.24, 2.45) is 0 Å². The van der Waals surface area contributed by atoms with Crippen LogP contribution in [0, 0.1) is 6.92 Å². The molecule has 2 rings (SSSR count). The van der Waals surface area contributed by atoms with Crippen LogP contribution >= 0.6 is 11.8 Å². The molecule has 0 spiro atoms. The number of aryl methyl sites for hydroxylation is 1. The first-order valence-electron chi connectivity index (χ1n) is 7.35. The van der Waals surface area contributed by atoms with E-state index in [-0.39, 0.29) is 11.2 Å². The highest BCUT2D eigenvalue weighted by atomic mass is 32.2. The summed E-state index contributed by atoms with van der Waals surface area (Å²) in [6.07, 6.45) is 0. The molecular formula is C18H21NO2S. The van der Waals surface area contributed by atoms with Gasteiger partial charge in [-0.05, 0) is 45.0 Å². The average Bonchev–Trinajstić information content (AvgIpc) is 2.50. The van der Waals surface area contributed by atoms with Crippen molar-refractivity contribution in [2.75, 3.05) is 11.9 Å². The summed E-state index contributed by atoms with van der Waals surface area (Å²) >= 11 is 1.55. The van der Waals surface area contributed by atoms with E-state index in [1.807, 2.05) is 50.2 Å². The Morgan fingerprint density at radius 1 is 1.23 bits per heavy atom. The normalized spacial score (nSPS) is 11.8. The fourth-order valence-corrected chi connectivity index (χ4v) is 2.82. The van der Waals surface area contributed by atoms with Crippen molar-refractivity contribution in [3.05, 3.63) is 54.1 Å². The maximum absolute atomic E-state index is 12.3. The van der Waals surface area contributed by atoms with Crippen LogP contribution in [0.5, 0.6) is 5.75 Å².